The molecule has 0 spiro atoms. The molecule has 3 rings (SSSR count). The third-order valence-electron chi connectivity index (χ3n) is 4.20. The number of benzene rings is 2. The average Bonchev–Trinajstić information content (AvgIpc) is 3.04. The highest BCUT2D eigenvalue weighted by molar-refractivity contribution is 6.05. The molecule has 1 N–H and O–H groups in total. The molecular formula is C17H14N4O6. The highest BCUT2D eigenvalue weighted by Gasteiger charge is 2.23. The molecule has 0 unspecified atom stereocenters. The molecule has 0 saturated carbocycles. The molecular weight excluding hydrogens is 356 g/mol. The normalized spacial score (nSPS) is 12.4. The van der Waals surface area contributed by atoms with Crippen molar-refractivity contribution in [1.82, 2.24) is 0 Å². The fraction of sp³-hybridized carbons (Fsp3) is 0.176. The van der Waals surface area contributed by atoms with E-state index >= 15 is 0 Å². The minimum Gasteiger partial charge on any atom is -0.322 e. The maximum absolute atomic E-state index is 12.4. The molecule has 0 fully saturated rings. The van der Waals surface area contributed by atoms with Gasteiger partial charge in [0.15, 0.2) is 0 Å². The van der Waals surface area contributed by atoms with Crippen LogP contribution in [-0.2, 0) is 11.2 Å². The number of fused-ring (bicyclic) bond motifs is 1. The number of carbonyl (C=O) groups excluding carboxylic acids is 2. The standard InChI is InChI=1S/C17H14N4O6/c1-10(22)19-5-4-11-6-13(2-3-16(11)19)18-17(23)12-7-14(20(24)25)9-15(8-12)21(26)27/h2-3,6-9H,4-5H2,1H3,(H,18,23). The van der Waals surface area contributed by atoms with Crippen molar-refractivity contribution < 1.29 is 19.4 Å². The number of hydrogen-bond donors (Lipinski definition) is 1. The average molecular weight is 370 g/mol. The van der Waals surface area contributed by atoms with Crippen molar-refractivity contribution >= 4 is 34.6 Å². The predicted octanol–water partition coefficient (Wildman–Crippen LogP) is 2.66. The Bertz CT molecular complexity index is 955. The van der Waals surface area contributed by atoms with Gasteiger partial charge in [-0.3, -0.25) is 29.8 Å². The van der Waals surface area contributed by atoms with E-state index < -0.39 is 27.1 Å². The SMILES string of the molecule is CC(=O)N1CCc2cc(NC(=O)c3cc([N+](=O)[O-])cc([N+](=O)[O-])c3)ccc21. The number of hydrogen-bond acceptors (Lipinski definition) is 6. The number of rotatable bonds is 4. The van der Waals surface area contributed by atoms with Gasteiger partial charge in [-0.2, -0.15) is 0 Å². The van der Waals surface area contributed by atoms with Gasteiger partial charge in [-0.25, -0.2) is 0 Å². The number of nitro groups is 2. The van der Waals surface area contributed by atoms with Gasteiger partial charge in [0.25, 0.3) is 17.3 Å². The lowest BCUT2D eigenvalue weighted by atomic mass is 10.1. The zero-order valence-corrected chi connectivity index (χ0v) is 14.2. The maximum atomic E-state index is 12.4. The van der Waals surface area contributed by atoms with E-state index in [2.05, 4.69) is 5.32 Å². The van der Waals surface area contributed by atoms with Crippen molar-refractivity contribution in [2.24, 2.45) is 0 Å². The molecule has 2 aromatic carbocycles. The van der Waals surface area contributed by atoms with Gasteiger partial charge in [-0.05, 0) is 30.2 Å². The molecule has 0 atom stereocenters. The van der Waals surface area contributed by atoms with Crippen LogP contribution in [0, 0.1) is 20.2 Å². The van der Waals surface area contributed by atoms with Crippen molar-refractivity contribution in [3.63, 3.8) is 0 Å². The van der Waals surface area contributed by atoms with E-state index in [9.17, 15) is 29.8 Å². The van der Waals surface area contributed by atoms with Gasteiger partial charge in [0.2, 0.25) is 5.91 Å². The van der Waals surface area contributed by atoms with Crippen molar-refractivity contribution in [2.75, 3.05) is 16.8 Å². The molecule has 27 heavy (non-hydrogen) atoms. The molecule has 0 aromatic heterocycles. The van der Waals surface area contributed by atoms with E-state index in [-0.39, 0.29) is 11.5 Å². The smallest absolute Gasteiger partial charge is 0.277 e. The van der Waals surface area contributed by atoms with E-state index in [1.807, 2.05) is 0 Å². The summed E-state index contributed by atoms with van der Waals surface area (Å²) in [5.74, 6) is -0.780. The van der Waals surface area contributed by atoms with Gasteiger partial charge in [-0.15, -0.1) is 0 Å². The van der Waals surface area contributed by atoms with E-state index in [4.69, 9.17) is 0 Å². The number of nitrogens with zero attached hydrogens (tertiary/aromatic N) is 3. The fourth-order valence-electron chi connectivity index (χ4n) is 2.95. The summed E-state index contributed by atoms with van der Waals surface area (Å²) in [5.41, 5.74) is 0.806. The summed E-state index contributed by atoms with van der Waals surface area (Å²) in [6.45, 7) is 2.03. The van der Waals surface area contributed by atoms with Crippen LogP contribution >= 0.6 is 0 Å². The van der Waals surface area contributed by atoms with Gasteiger partial charge in [0, 0.05) is 37.0 Å². The number of non-ortho nitro benzene ring substituents is 2. The molecule has 1 heterocycles. The largest absolute Gasteiger partial charge is 0.322 e. The zero-order chi connectivity index (χ0) is 19.7. The Hall–Kier alpha value is -3.82. The second kappa shape index (κ2) is 6.83. The van der Waals surface area contributed by atoms with Crippen LogP contribution in [0.1, 0.15) is 22.8 Å². The minimum atomic E-state index is -0.796. The highest BCUT2D eigenvalue weighted by Crippen LogP contribution is 2.31. The van der Waals surface area contributed by atoms with Crippen LogP contribution in [0.3, 0.4) is 0 Å². The van der Waals surface area contributed by atoms with Crippen LogP contribution in [0.2, 0.25) is 0 Å². The monoisotopic (exact) mass is 370 g/mol. The van der Waals surface area contributed by atoms with E-state index in [1.54, 1.807) is 23.1 Å². The third-order valence-corrected chi connectivity index (χ3v) is 4.20. The molecule has 1 aliphatic rings. The lowest BCUT2D eigenvalue weighted by Crippen LogP contribution is -2.25. The number of amides is 2. The Balaban J connectivity index is 1.87. The Morgan fingerprint density at radius 3 is 2.22 bits per heavy atom. The fourth-order valence-corrected chi connectivity index (χ4v) is 2.95. The zero-order valence-electron chi connectivity index (χ0n) is 14.2. The molecule has 10 heteroatoms. The number of nitrogens with one attached hydrogen (secondary N) is 1. The van der Waals surface area contributed by atoms with Crippen molar-refractivity contribution in [3.8, 4) is 0 Å². The Labute approximate surface area is 152 Å². The van der Waals surface area contributed by atoms with Crippen LogP contribution in [0.4, 0.5) is 22.7 Å². The summed E-state index contributed by atoms with van der Waals surface area (Å²) in [5, 5.41) is 24.5. The second-order valence-electron chi connectivity index (χ2n) is 5.97. The lowest BCUT2D eigenvalue weighted by molar-refractivity contribution is -0.394. The van der Waals surface area contributed by atoms with Crippen molar-refractivity contribution in [2.45, 2.75) is 13.3 Å². The second-order valence-corrected chi connectivity index (χ2v) is 5.97. The first-order valence-electron chi connectivity index (χ1n) is 7.92. The molecule has 0 aliphatic carbocycles. The summed E-state index contributed by atoms with van der Waals surface area (Å²) < 4.78 is 0. The topological polar surface area (TPSA) is 136 Å². The van der Waals surface area contributed by atoms with Crippen LogP contribution < -0.4 is 10.2 Å². The Morgan fingerprint density at radius 1 is 1.04 bits per heavy atom. The first kappa shape index (κ1) is 18.0. The molecule has 2 amide bonds. The molecule has 1 aliphatic heterocycles. The molecule has 2 aromatic rings. The lowest BCUT2D eigenvalue weighted by Gasteiger charge is -2.15. The van der Waals surface area contributed by atoms with Gasteiger partial charge in [-0.1, -0.05) is 0 Å². The van der Waals surface area contributed by atoms with Gasteiger partial charge in [0.05, 0.1) is 21.5 Å². The Kier molecular flexibility index (Phi) is 4.55. The van der Waals surface area contributed by atoms with E-state index in [0.717, 1.165) is 29.4 Å². The van der Waals surface area contributed by atoms with E-state index in [1.165, 1.54) is 6.92 Å². The van der Waals surface area contributed by atoms with Crippen molar-refractivity contribution in [3.05, 3.63) is 67.8 Å². The summed E-state index contributed by atoms with van der Waals surface area (Å²) in [7, 11) is 0. The van der Waals surface area contributed by atoms with Crippen LogP contribution in [0.5, 0.6) is 0 Å². The van der Waals surface area contributed by atoms with Crippen molar-refractivity contribution in [1.29, 1.82) is 0 Å². The first-order valence-corrected chi connectivity index (χ1v) is 7.92. The van der Waals surface area contributed by atoms with Crippen LogP contribution in [0.15, 0.2) is 36.4 Å². The molecule has 0 saturated heterocycles. The van der Waals surface area contributed by atoms with Crippen LogP contribution in [0.25, 0.3) is 0 Å². The third kappa shape index (κ3) is 3.59. The highest BCUT2D eigenvalue weighted by atomic mass is 16.6. The number of anilines is 2. The molecule has 10 nitrogen and oxygen atoms in total. The molecule has 138 valence electrons. The summed E-state index contributed by atoms with van der Waals surface area (Å²) >= 11 is 0. The molecule has 0 bridgehead atoms. The number of carbonyl (C=O) groups is 2. The predicted molar refractivity (Wildman–Crippen MR) is 95.9 cm³/mol. The van der Waals surface area contributed by atoms with Gasteiger partial charge in [0.1, 0.15) is 0 Å². The van der Waals surface area contributed by atoms with Gasteiger partial charge < -0.3 is 10.2 Å². The summed E-state index contributed by atoms with van der Waals surface area (Å²) in [4.78, 5) is 45.9. The van der Waals surface area contributed by atoms with Crippen LogP contribution in [-0.4, -0.2) is 28.2 Å². The minimum absolute atomic E-state index is 0.0746. The molecule has 0 radical (unpaired) electrons. The number of nitro benzene ring substituents is 2. The van der Waals surface area contributed by atoms with Gasteiger partial charge >= 0.3 is 0 Å². The summed E-state index contributed by atoms with van der Waals surface area (Å²) in [6.07, 6.45) is 0.640. The quantitative estimate of drug-likeness (QED) is 0.649. The maximum Gasteiger partial charge on any atom is 0.277 e. The summed E-state index contributed by atoms with van der Waals surface area (Å²) in [6, 6.07) is 7.77. The first-order chi connectivity index (χ1) is 12.8. The Morgan fingerprint density at radius 2 is 1.67 bits per heavy atom. The van der Waals surface area contributed by atoms with E-state index in [0.29, 0.717) is 18.7 Å².